The SMILES string of the molecule is Cc1cc2c(cc1C(=O)Nc1ccncc1)SCC[C@@H]2N.Cl.Cl. The molecule has 0 bridgehead atoms. The first kappa shape index (κ1) is 19.8. The second-order valence-corrected chi connectivity index (χ2v) is 6.28. The van der Waals surface area contributed by atoms with Crippen LogP contribution < -0.4 is 11.1 Å². The van der Waals surface area contributed by atoms with Crippen molar-refractivity contribution >= 4 is 48.2 Å². The predicted molar refractivity (Wildman–Crippen MR) is 100 cm³/mol. The Morgan fingerprint density at radius 2 is 2.00 bits per heavy atom. The molecule has 3 N–H and O–H groups in total. The van der Waals surface area contributed by atoms with Crippen molar-refractivity contribution < 1.29 is 4.79 Å². The van der Waals surface area contributed by atoms with E-state index in [9.17, 15) is 4.79 Å². The normalized spacial score (nSPS) is 15.7. The number of carbonyl (C=O) groups is 1. The van der Waals surface area contributed by atoms with Gasteiger partial charge in [-0.1, -0.05) is 6.07 Å². The average molecular weight is 372 g/mol. The Labute approximate surface area is 152 Å². The van der Waals surface area contributed by atoms with Crippen LogP contribution in [-0.4, -0.2) is 16.6 Å². The molecule has 1 atom stereocenters. The molecule has 0 saturated heterocycles. The predicted octanol–water partition coefficient (Wildman–Crippen LogP) is 3.98. The number of rotatable bonds is 2. The number of thioether (sulfide) groups is 1. The molecule has 4 nitrogen and oxygen atoms in total. The van der Waals surface area contributed by atoms with Gasteiger partial charge in [-0.25, -0.2) is 0 Å². The molecule has 7 heteroatoms. The minimum absolute atomic E-state index is 0. The van der Waals surface area contributed by atoms with E-state index in [4.69, 9.17) is 5.73 Å². The highest BCUT2D eigenvalue weighted by Gasteiger charge is 2.21. The summed E-state index contributed by atoms with van der Waals surface area (Å²) in [4.78, 5) is 17.5. The van der Waals surface area contributed by atoms with Crippen LogP contribution in [0.5, 0.6) is 0 Å². The molecule has 0 saturated carbocycles. The van der Waals surface area contributed by atoms with E-state index in [0.29, 0.717) is 5.56 Å². The standard InChI is InChI=1S/C16H17N3OS.2ClH/c1-10-8-13-14(17)4-7-21-15(13)9-12(10)16(20)19-11-2-5-18-6-3-11;;/h2-3,5-6,8-9,14H,4,7,17H2,1H3,(H,18,19,20);2*1H/t14-;;/m0../s1. The number of hydrogen-bond donors (Lipinski definition) is 2. The monoisotopic (exact) mass is 371 g/mol. The molecule has 0 fully saturated rings. The van der Waals surface area contributed by atoms with Gasteiger partial charge in [-0.3, -0.25) is 9.78 Å². The van der Waals surface area contributed by atoms with Crippen molar-refractivity contribution in [3.8, 4) is 0 Å². The van der Waals surface area contributed by atoms with Crippen molar-refractivity contribution in [2.24, 2.45) is 5.73 Å². The van der Waals surface area contributed by atoms with E-state index in [1.54, 1.807) is 36.3 Å². The van der Waals surface area contributed by atoms with Crippen molar-refractivity contribution in [1.82, 2.24) is 4.98 Å². The van der Waals surface area contributed by atoms with Crippen molar-refractivity contribution in [2.75, 3.05) is 11.1 Å². The summed E-state index contributed by atoms with van der Waals surface area (Å²) in [6.07, 6.45) is 4.30. The quantitative estimate of drug-likeness (QED) is 0.837. The van der Waals surface area contributed by atoms with Crippen molar-refractivity contribution in [2.45, 2.75) is 24.3 Å². The lowest BCUT2D eigenvalue weighted by atomic mass is 9.98. The fourth-order valence-electron chi connectivity index (χ4n) is 2.45. The van der Waals surface area contributed by atoms with Gasteiger partial charge in [0.05, 0.1) is 0 Å². The first-order valence-electron chi connectivity index (χ1n) is 6.89. The number of amides is 1. The van der Waals surface area contributed by atoms with E-state index in [1.807, 2.05) is 19.1 Å². The summed E-state index contributed by atoms with van der Waals surface area (Å²) in [5, 5.41) is 2.90. The third kappa shape index (κ3) is 4.38. The number of nitrogens with two attached hydrogens (primary N) is 1. The van der Waals surface area contributed by atoms with Crippen molar-refractivity contribution in [1.29, 1.82) is 0 Å². The number of anilines is 1. The molecule has 2 aromatic rings. The molecule has 0 spiro atoms. The second kappa shape index (κ2) is 8.55. The number of carbonyl (C=O) groups excluding carboxylic acids is 1. The van der Waals surface area contributed by atoms with Crippen LogP contribution in [0.1, 0.15) is 33.9 Å². The van der Waals surface area contributed by atoms with Gasteiger partial charge in [0.1, 0.15) is 0 Å². The summed E-state index contributed by atoms with van der Waals surface area (Å²) in [5.41, 5.74) is 9.71. The lowest BCUT2D eigenvalue weighted by molar-refractivity contribution is 0.102. The maximum absolute atomic E-state index is 12.4. The lowest BCUT2D eigenvalue weighted by Crippen LogP contribution is -2.19. The Morgan fingerprint density at radius 1 is 1.30 bits per heavy atom. The number of hydrogen-bond acceptors (Lipinski definition) is 4. The number of nitrogens with zero attached hydrogens (tertiary/aromatic N) is 1. The lowest BCUT2D eigenvalue weighted by Gasteiger charge is -2.23. The average Bonchev–Trinajstić information content (AvgIpc) is 2.48. The van der Waals surface area contributed by atoms with Crippen LogP contribution in [0.2, 0.25) is 0 Å². The molecule has 2 heterocycles. The highest BCUT2D eigenvalue weighted by atomic mass is 35.5. The van der Waals surface area contributed by atoms with E-state index in [-0.39, 0.29) is 36.8 Å². The molecule has 1 aliphatic heterocycles. The summed E-state index contributed by atoms with van der Waals surface area (Å²) in [7, 11) is 0. The van der Waals surface area contributed by atoms with Gasteiger partial charge in [-0.05, 0) is 48.4 Å². The highest BCUT2D eigenvalue weighted by Crippen LogP contribution is 2.36. The van der Waals surface area contributed by atoms with Gasteiger partial charge in [0.25, 0.3) is 5.91 Å². The van der Waals surface area contributed by atoms with Crippen LogP contribution in [0.25, 0.3) is 0 Å². The Morgan fingerprint density at radius 3 is 2.70 bits per heavy atom. The third-order valence-corrected chi connectivity index (χ3v) is 4.73. The minimum Gasteiger partial charge on any atom is -0.324 e. The number of aryl methyl sites for hydroxylation is 1. The Kier molecular flexibility index (Phi) is 7.35. The molecule has 1 aromatic carbocycles. The van der Waals surface area contributed by atoms with Crippen LogP contribution in [0, 0.1) is 6.92 Å². The summed E-state index contributed by atoms with van der Waals surface area (Å²) in [6.45, 7) is 1.95. The van der Waals surface area contributed by atoms with Gasteiger partial charge in [-0.15, -0.1) is 36.6 Å². The number of fused-ring (bicyclic) bond motifs is 1. The van der Waals surface area contributed by atoms with Crippen LogP contribution in [0.15, 0.2) is 41.6 Å². The zero-order valence-electron chi connectivity index (χ0n) is 12.6. The Bertz CT molecular complexity index is 683. The Balaban J connectivity index is 0.00000132. The zero-order valence-corrected chi connectivity index (χ0v) is 15.1. The molecule has 1 aliphatic rings. The van der Waals surface area contributed by atoms with Gasteiger partial charge in [0.2, 0.25) is 0 Å². The molecule has 0 radical (unpaired) electrons. The van der Waals surface area contributed by atoms with Crippen LogP contribution >= 0.6 is 36.6 Å². The third-order valence-electron chi connectivity index (χ3n) is 3.63. The number of halogens is 2. The first-order valence-corrected chi connectivity index (χ1v) is 7.88. The number of benzene rings is 1. The van der Waals surface area contributed by atoms with Crippen LogP contribution in [0.4, 0.5) is 5.69 Å². The van der Waals surface area contributed by atoms with Gasteiger partial charge in [-0.2, -0.15) is 0 Å². The van der Waals surface area contributed by atoms with Gasteiger partial charge in [0, 0.05) is 34.6 Å². The molecule has 1 amide bonds. The number of nitrogens with one attached hydrogen (secondary N) is 1. The topological polar surface area (TPSA) is 68.0 Å². The smallest absolute Gasteiger partial charge is 0.255 e. The molecular weight excluding hydrogens is 353 g/mol. The number of pyridine rings is 1. The van der Waals surface area contributed by atoms with E-state index >= 15 is 0 Å². The van der Waals surface area contributed by atoms with Gasteiger partial charge >= 0.3 is 0 Å². The molecule has 0 unspecified atom stereocenters. The van der Waals surface area contributed by atoms with Crippen molar-refractivity contribution in [3.05, 3.63) is 53.3 Å². The maximum Gasteiger partial charge on any atom is 0.255 e. The van der Waals surface area contributed by atoms with Crippen LogP contribution in [0.3, 0.4) is 0 Å². The molecular formula is C16H19Cl2N3OS. The van der Waals surface area contributed by atoms with Crippen LogP contribution in [-0.2, 0) is 0 Å². The Hall–Kier alpha value is -1.27. The second-order valence-electron chi connectivity index (χ2n) is 5.14. The fraction of sp³-hybridized carbons (Fsp3) is 0.250. The molecule has 0 aliphatic carbocycles. The molecule has 124 valence electrons. The maximum atomic E-state index is 12.4. The van der Waals surface area contributed by atoms with E-state index < -0.39 is 0 Å². The van der Waals surface area contributed by atoms with Crippen molar-refractivity contribution in [3.63, 3.8) is 0 Å². The summed E-state index contributed by atoms with van der Waals surface area (Å²) < 4.78 is 0. The van der Waals surface area contributed by atoms with Gasteiger partial charge < -0.3 is 11.1 Å². The number of aromatic nitrogens is 1. The summed E-state index contributed by atoms with van der Waals surface area (Å²) in [5.74, 6) is 0.907. The minimum atomic E-state index is -0.0961. The van der Waals surface area contributed by atoms with E-state index in [0.717, 1.165) is 33.9 Å². The molecule has 1 aromatic heterocycles. The molecule has 3 rings (SSSR count). The van der Waals surface area contributed by atoms with E-state index in [2.05, 4.69) is 10.3 Å². The first-order chi connectivity index (χ1) is 10.1. The fourth-order valence-corrected chi connectivity index (χ4v) is 3.62. The molecule has 23 heavy (non-hydrogen) atoms. The highest BCUT2D eigenvalue weighted by molar-refractivity contribution is 7.99. The summed E-state index contributed by atoms with van der Waals surface area (Å²) >= 11 is 1.77. The van der Waals surface area contributed by atoms with Gasteiger partial charge in [0.15, 0.2) is 0 Å². The largest absolute Gasteiger partial charge is 0.324 e. The summed E-state index contributed by atoms with van der Waals surface area (Å²) in [6, 6.07) is 7.64. The van der Waals surface area contributed by atoms with E-state index in [1.165, 1.54) is 0 Å². The zero-order chi connectivity index (χ0) is 14.8.